The monoisotopic (exact) mass is 482 g/mol. The number of carbonyl (C=O) groups excluding carboxylic acids is 1. The Morgan fingerprint density at radius 2 is 1.97 bits per heavy atom. The molecule has 0 saturated carbocycles. The molecular formula is C24H31ClN8O. The number of anilines is 2. The molecule has 2 fully saturated rings. The molecule has 0 aliphatic carbocycles. The van der Waals surface area contributed by atoms with Gasteiger partial charge in [-0.2, -0.15) is 4.98 Å². The van der Waals surface area contributed by atoms with Crippen LogP contribution in [0.15, 0.2) is 36.8 Å². The maximum absolute atomic E-state index is 13.1. The van der Waals surface area contributed by atoms with Crippen molar-refractivity contribution in [1.82, 2.24) is 30.0 Å². The number of aromatic nitrogens is 4. The van der Waals surface area contributed by atoms with Gasteiger partial charge in [-0.15, -0.1) is 0 Å². The van der Waals surface area contributed by atoms with E-state index in [-0.39, 0.29) is 11.8 Å². The number of carbonyl (C=O) groups is 1. The van der Waals surface area contributed by atoms with Crippen LogP contribution in [0.4, 0.5) is 11.8 Å². The number of piperazine rings is 1. The van der Waals surface area contributed by atoms with Crippen molar-refractivity contribution in [3.63, 3.8) is 0 Å². The van der Waals surface area contributed by atoms with Gasteiger partial charge in [-0.1, -0.05) is 17.7 Å². The van der Waals surface area contributed by atoms with E-state index in [0.29, 0.717) is 42.0 Å². The van der Waals surface area contributed by atoms with Gasteiger partial charge in [0.1, 0.15) is 10.7 Å². The Balaban J connectivity index is 1.26. The minimum Gasteiger partial charge on any atom is -0.353 e. The first kappa shape index (κ1) is 22.9. The molecule has 2 N–H and O–H groups in total. The summed E-state index contributed by atoms with van der Waals surface area (Å²) in [5, 5.41) is 7.19. The fraction of sp³-hybridized carbons (Fsp3) is 0.500. The lowest BCUT2D eigenvalue weighted by Gasteiger charge is -2.42. The fourth-order valence-corrected chi connectivity index (χ4v) is 4.91. The summed E-state index contributed by atoms with van der Waals surface area (Å²) in [6, 6.07) is 6.52. The van der Waals surface area contributed by atoms with E-state index in [1.54, 1.807) is 6.20 Å². The van der Waals surface area contributed by atoms with Crippen molar-refractivity contribution in [3.05, 3.63) is 47.5 Å². The summed E-state index contributed by atoms with van der Waals surface area (Å²) in [7, 11) is 0. The number of nitrogens with one attached hydrogen (secondary N) is 2. The quantitative estimate of drug-likeness (QED) is 0.577. The highest BCUT2D eigenvalue weighted by Gasteiger charge is 2.38. The van der Waals surface area contributed by atoms with Gasteiger partial charge in [-0.3, -0.25) is 4.79 Å². The summed E-state index contributed by atoms with van der Waals surface area (Å²) in [4.78, 5) is 31.1. The molecule has 0 spiro atoms. The van der Waals surface area contributed by atoms with E-state index in [9.17, 15) is 4.79 Å². The van der Waals surface area contributed by atoms with Crippen LogP contribution < -0.4 is 20.4 Å². The molecule has 2 aliphatic rings. The van der Waals surface area contributed by atoms with Gasteiger partial charge in [0.2, 0.25) is 11.9 Å². The fourth-order valence-electron chi connectivity index (χ4n) is 4.70. The van der Waals surface area contributed by atoms with Crippen molar-refractivity contribution in [2.24, 2.45) is 5.92 Å². The van der Waals surface area contributed by atoms with Gasteiger partial charge in [0.15, 0.2) is 5.82 Å². The van der Waals surface area contributed by atoms with E-state index < -0.39 is 5.54 Å². The van der Waals surface area contributed by atoms with Gasteiger partial charge in [-0.05, 0) is 39.8 Å². The van der Waals surface area contributed by atoms with Crippen LogP contribution in [0.3, 0.4) is 0 Å². The third-order valence-electron chi connectivity index (χ3n) is 6.78. The lowest BCUT2D eigenvalue weighted by atomic mass is 9.95. The molecule has 0 radical (unpaired) electrons. The minimum atomic E-state index is -0.562. The average molecular weight is 483 g/mol. The molecule has 3 aromatic rings. The number of pyridine rings is 1. The largest absolute Gasteiger partial charge is 0.353 e. The predicted octanol–water partition coefficient (Wildman–Crippen LogP) is 2.45. The van der Waals surface area contributed by atoms with Crippen LogP contribution in [0.2, 0.25) is 5.02 Å². The topological polar surface area (TPSA) is 90.7 Å². The molecule has 2 saturated heterocycles. The second-order valence-electron chi connectivity index (χ2n) is 9.94. The van der Waals surface area contributed by atoms with E-state index in [2.05, 4.69) is 44.2 Å². The number of nitrogens with zero attached hydrogens (tertiary/aromatic N) is 6. The third-order valence-corrected chi connectivity index (χ3v) is 7.05. The Kier molecular flexibility index (Phi) is 5.85. The van der Waals surface area contributed by atoms with E-state index >= 15 is 0 Å². The van der Waals surface area contributed by atoms with Crippen LogP contribution in [0.5, 0.6) is 0 Å². The molecule has 1 amide bonds. The number of hydrogen-bond acceptors (Lipinski definition) is 7. The molecule has 9 nitrogen and oxygen atoms in total. The summed E-state index contributed by atoms with van der Waals surface area (Å²) in [5.41, 5.74) is 1.24. The Morgan fingerprint density at radius 3 is 2.76 bits per heavy atom. The maximum atomic E-state index is 13.1. The predicted molar refractivity (Wildman–Crippen MR) is 133 cm³/mol. The van der Waals surface area contributed by atoms with Crippen molar-refractivity contribution in [2.45, 2.75) is 45.3 Å². The van der Waals surface area contributed by atoms with Gasteiger partial charge in [0.25, 0.3) is 0 Å². The molecule has 34 heavy (non-hydrogen) atoms. The number of imidazole rings is 1. The molecule has 0 aromatic carbocycles. The number of hydrogen-bond donors (Lipinski definition) is 2. The van der Waals surface area contributed by atoms with Crippen molar-refractivity contribution in [2.75, 3.05) is 36.0 Å². The maximum Gasteiger partial charge on any atom is 0.227 e. The van der Waals surface area contributed by atoms with Gasteiger partial charge in [0, 0.05) is 44.5 Å². The van der Waals surface area contributed by atoms with Crippen LogP contribution in [0.1, 0.15) is 33.4 Å². The standard InChI is InChI=1S/C24H31ClN8O/c1-15-12-33(16(2)9-26-15)23-28-10-18(25)21(29-23)31-13-17(14-31)22(34)30-24(3,4)19-11-27-20-7-5-6-8-32(19)20/h5-8,10-11,15-17,26H,9,12-14H2,1-4H3,(H,30,34)/t15-,16+/m1/s1. The zero-order chi connectivity index (χ0) is 24.0. The molecule has 0 bridgehead atoms. The highest BCUT2D eigenvalue weighted by Crippen LogP contribution is 2.32. The first-order valence-corrected chi connectivity index (χ1v) is 12.1. The van der Waals surface area contributed by atoms with Crippen molar-refractivity contribution in [1.29, 1.82) is 0 Å². The molecule has 5 heterocycles. The molecular weight excluding hydrogens is 452 g/mol. The molecule has 2 aliphatic heterocycles. The first-order valence-electron chi connectivity index (χ1n) is 11.7. The highest BCUT2D eigenvalue weighted by atomic mass is 35.5. The molecule has 0 unspecified atom stereocenters. The normalized spacial score (nSPS) is 21.6. The average Bonchev–Trinajstić information content (AvgIpc) is 3.21. The van der Waals surface area contributed by atoms with Crippen LogP contribution >= 0.6 is 11.6 Å². The van der Waals surface area contributed by atoms with E-state index in [1.807, 2.05) is 48.8 Å². The van der Waals surface area contributed by atoms with Crippen LogP contribution in [0, 0.1) is 5.92 Å². The number of fused-ring (bicyclic) bond motifs is 1. The van der Waals surface area contributed by atoms with Crippen LogP contribution in [-0.4, -0.2) is 63.5 Å². The van der Waals surface area contributed by atoms with Crippen molar-refractivity contribution < 1.29 is 4.79 Å². The smallest absolute Gasteiger partial charge is 0.227 e. The number of amides is 1. The summed E-state index contributed by atoms with van der Waals surface area (Å²) >= 11 is 6.46. The van der Waals surface area contributed by atoms with Gasteiger partial charge in [0.05, 0.1) is 29.5 Å². The zero-order valence-corrected chi connectivity index (χ0v) is 20.8. The first-order chi connectivity index (χ1) is 16.2. The number of rotatable bonds is 5. The van der Waals surface area contributed by atoms with Gasteiger partial charge >= 0.3 is 0 Å². The van der Waals surface area contributed by atoms with Crippen molar-refractivity contribution >= 4 is 34.9 Å². The highest BCUT2D eigenvalue weighted by molar-refractivity contribution is 6.32. The summed E-state index contributed by atoms with van der Waals surface area (Å²) in [6.45, 7) is 11.2. The van der Waals surface area contributed by atoms with Gasteiger partial charge in [-0.25, -0.2) is 9.97 Å². The Morgan fingerprint density at radius 1 is 1.18 bits per heavy atom. The lowest BCUT2D eigenvalue weighted by molar-refractivity contribution is -0.127. The lowest BCUT2D eigenvalue weighted by Crippen LogP contribution is -2.57. The molecule has 2 atom stereocenters. The molecule has 10 heteroatoms. The number of halogens is 1. The Bertz CT molecular complexity index is 1200. The second-order valence-corrected chi connectivity index (χ2v) is 10.3. The summed E-state index contributed by atoms with van der Waals surface area (Å²) in [5.74, 6) is 1.25. The van der Waals surface area contributed by atoms with E-state index in [4.69, 9.17) is 16.6 Å². The van der Waals surface area contributed by atoms with Crippen molar-refractivity contribution in [3.8, 4) is 0 Å². The minimum absolute atomic E-state index is 0.0158. The summed E-state index contributed by atoms with van der Waals surface area (Å²) < 4.78 is 2.01. The van der Waals surface area contributed by atoms with E-state index in [1.165, 1.54) is 0 Å². The molecule has 180 valence electrons. The SMILES string of the molecule is C[C@@H]1CN(c2ncc(Cl)c(N3CC(C(=O)NC(C)(C)c4cnc5ccccn45)C3)n2)[C@@H](C)CN1. The van der Waals surface area contributed by atoms with E-state index in [0.717, 1.165) is 24.4 Å². The molecule has 3 aromatic heterocycles. The Labute approximate surface area is 204 Å². The van der Waals surface area contributed by atoms with Gasteiger partial charge < -0.3 is 24.8 Å². The van der Waals surface area contributed by atoms with Crippen LogP contribution in [0.25, 0.3) is 5.65 Å². The van der Waals surface area contributed by atoms with Crippen LogP contribution in [-0.2, 0) is 10.3 Å². The second kappa shape index (κ2) is 8.70. The zero-order valence-electron chi connectivity index (χ0n) is 20.0. The third kappa shape index (κ3) is 4.18. The summed E-state index contributed by atoms with van der Waals surface area (Å²) in [6.07, 6.45) is 5.45. The Hall–Kier alpha value is -2.91. The molecule has 5 rings (SSSR count).